The van der Waals surface area contributed by atoms with Crippen LogP contribution < -0.4 is 15.6 Å². The summed E-state index contributed by atoms with van der Waals surface area (Å²) in [6.07, 6.45) is 6.79. The molecule has 0 bridgehead atoms. The number of nitriles is 1. The first-order chi connectivity index (χ1) is 16.4. The van der Waals surface area contributed by atoms with E-state index in [1.54, 1.807) is 24.4 Å². The summed E-state index contributed by atoms with van der Waals surface area (Å²) in [6.45, 7) is 6.08. The summed E-state index contributed by atoms with van der Waals surface area (Å²) in [6, 6.07) is 13.1. The lowest BCUT2D eigenvalue weighted by Crippen LogP contribution is -2.33. The second kappa shape index (κ2) is 9.92. The SMILES string of the molecule is Cc1ccc(C(C)C)c(Oc2nc3ccccn3c(=O)c2C=C(C#N)C(=O)NC2CCCC2)c1. The third-order valence-corrected chi connectivity index (χ3v) is 6.08. The number of pyridine rings is 1. The molecule has 0 spiro atoms. The van der Waals surface area contributed by atoms with Gasteiger partial charge in [-0.3, -0.25) is 14.0 Å². The maximum Gasteiger partial charge on any atom is 0.269 e. The van der Waals surface area contributed by atoms with Crippen molar-refractivity contribution in [1.82, 2.24) is 14.7 Å². The minimum absolute atomic E-state index is 0.0525. The van der Waals surface area contributed by atoms with Crippen LogP contribution in [0.4, 0.5) is 0 Å². The molecule has 2 aromatic heterocycles. The molecule has 4 rings (SSSR count). The smallest absolute Gasteiger partial charge is 0.269 e. The van der Waals surface area contributed by atoms with Gasteiger partial charge in [0.25, 0.3) is 11.5 Å². The van der Waals surface area contributed by atoms with Gasteiger partial charge in [0.15, 0.2) is 0 Å². The number of benzene rings is 1. The second-order valence-electron chi connectivity index (χ2n) is 8.99. The summed E-state index contributed by atoms with van der Waals surface area (Å²) in [5.74, 6) is 0.343. The van der Waals surface area contributed by atoms with Crippen molar-refractivity contribution in [3.05, 3.63) is 75.2 Å². The van der Waals surface area contributed by atoms with Gasteiger partial charge in [-0.2, -0.15) is 10.2 Å². The van der Waals surface area contributed by atoms with Crippen LogP contribution in [0.5, 0.6) is 11.6 Å². The molecular formula is C27H28N4O3. The normalized spacial score (nSPS) is 14.4. The average Bonchev–Trinajstić information content (AvgIpc) is 3.32. The Morgan fingerprint density at radius 1 is 1.26 bits per heavy atom. The van der Waals surface area contributed by atoms with E-state index in [4.69, 9.17) is 4.74 Å². The maximum atomic E-state index is 13.4. The molecule has 34 heavy (non-hydrogen) atoms. The summed E-state index contributed by atoms with van der Waals surface area (Å²) in [4.78, 5) is 30.8. The highest BCUT2D eigenvalue weighted by atomic mass is 16.5. The molecule has 1 aliphatic rings. The number of hydrogen-bond donors (Lipinski definition) is 1. The topological polar surface area (TPSA) is 96.5 Å². The molecule has 0 aliphatic heterocycles. The molecule has 0 saturated heterocycles. The first-order valence-corrected chi connectivity index (χ1v) is 11.6. The number of carbonyl (C=O) groups is 1. The van der Waals surface area contributed by atoms with E-state index in [1.165, 1.54) is 10.5 Å². The predicted molar refractivity (Wildman–Crippen MR) is 131 cm³/mol. The van der Waals surface area contributed by atoms with Crippen LogP contribution in [0, 0.1) is 18.3 Å². The van der Waals surface area contributed by atoms with Crippen LogP contribution in [0.1, 0.15) is 62.1 Å². The zero-order valence-corrected chi connectivity index (χ0v) is 19.7. The van der Waals surface area contributed by atoms with Gasteiger partial charge in [-0.05, 0) is 61.1 Å². The van der Waals surface area contributed by atoms with Gasteiger partial charge in [0, 0.05) is 12.2 Å². The monoisotopic (exact) mass is 456 g/mol. The lowest BCUT2D eigenvalue weighted by Gasteiger charge is -2.16. The van der Waals surface area contributed by atoms with E-state index in [2.05, 4.69) is 24.1 Å². The van der Waals surface area contributed by atoms with Crippen molar-refractivity contribution < 1.29 is 9.53 Å². The van der Waals surface area contributed by atoms with E-state index in [9.17, 15) is 14.9 Å². The highest BCUT2D eigenvalue weighted by molar-refractivity contribution is 6.02. The number of ether oxygens (including phenoxy) is 1. The molecule has 174 valence electrons. The number of hydrogen-bond acceptors (Lipinski definition) is 5. The first-order valence-electron chi connectivity index (χ1n) is 11.6. The van der Waals surface area contributed by atoms with Gasteiger partial charge < -0.3 is 10.1 Å². The van der Waals surface area contributed by atoms with Crippen molar-refractivity contribution in [2.45, 2.75) is 58.4 Å². The van der Waals surface area contributed by atoms with Crippen molar-refractivity contribution in [3.63, 3.8) is 0 Å². The highest BCUT2D eigenvalue weighted by Gasteiger charge is 2.22. The molecule has 0 atom stereocenters. The van der Waals surface area contributed by atoms with Gasteiger partial charge in [-0.1, -0.05) is 44.9 Å². The number of aryl methyl sites for hydroxylation is 1. The Bertz CT molecular complexity index is 1360. The van der Waals surface area contributed by atoms with Crippen molar-refractivity contribution in [3.8, 4) is 17.7 Å². The van der Waals surface area contributed by atoms with Crippen LogP contribution in [-0.4, -0.2) is 21.3 Å². The van der Waals surface area contributed by atoms with Gasteiger partial charge in [-0.25, -0.2) is 0 Å². The summed E-state index contributed by atoms with van der Waals surface area (Å²) in [7, 11) is 0. The van der Waals surface area contributed by atoms with Crippen LogP contribution >= 0.6 is 0 Å². The molecule has 2 heterocycles. The Kier molecular flexibility index (Phi) is 6.78. The first kappa shape index (κ1) is 23.2. The number of fused-ring (bicyclic) bond motifs is 1. The minimum atomic E-state index is -0.490. The summed E-state index contributed by atoms with van der Waals surface area (Å²) >= 11 is 0. The Morgan fingerprint density at radius 3 is 2.74 bits per heavy atom. The zero-order valence-electron chi connectivity index (χ0n) is 19.7. The van der Waals surface area contributed by atoms with E-state index < -0.39 is 11.5 Å². The molecule has 7 nitrogen and oxygen atoms in total. The van der Waals surface area contributed by atoms with E-state index in [0.29, 0.717) is 11.4 Å². The fraction of sp³-hybridized carbons (Fsp3) is 0.333. The van der Waals surface area contributed by atoms with E-state index in [1.807, 2.05) is 31.2 Å². The Hall–Kier alpha value is -3.92. The van der Waals surface area contributed by atoms with Crippen molar-refractivity contribution in [1.29, 1.82) is 5.26 Å². The zero-order chi connectivity index (χ0) is 24.2. The fourth-order valence-corrected chi connectivity index (χ4v) is 4.22. The number of amides is 1. The van der Waals surface area contributed by atoms with Gasteiger partial charge in [0.2, 0.25) is 5.88 Å². The van der Waals surface area contributed by atoms with Gasteiger partial charge in [-0.15, -0.1) is 0 Å². The number of carbonyl (C=O) groups excluding carboxylic acids is 1. The second-order valence-corrected chi connectivity index (χ2v) is 8.99. The number of nitrogens with one attached hydrogen (secondary N) is 1. The maximum absolute atomic E-state index is 13.4. The predicted octanol–water partition coefficient (Wildman–Crippen LogP) is 4.88. The number of rotatable bonds is 6. The summed E-state index contributed by atoms with van der Waals surface area (Å²) in [5.41, 5.74) is 1.86. The molecule has 1 aliphatic carbocycles. The summed E-state index contributed by atoms with van der Waals surface area (Å²) < 4.78 is 7.60. The standard InChI is InChI=1S/C27H28N4O3/c1-17(2)21-12-11-18(3)14-23(21)34-26-22(27(33)31-13-7-6-10-24(31)30-26)15-19(16-28)25(32)29-20-8-4-5-9-20/h6-7,10-15,17,20H,4-5,8-9H2,1-3H3,(H,29,32). The van der Waals surface area contributed by atoms with E-state index >= 15 is 0 Å². The average molecular weight is 457 g/mol. The number of aromatic nitrogens is 2. The Morgan fingerprint density at radius 2 is 2.03 bits per heavy atom. The lowest BCUT2D eigenvalue weighted by atomic mass is 10.0. The minimum Gasteiger partial charge on any atom is -0.438 e. The fourth-order valence-electron chi connectivity index (χ4n) is 4.22. The summed E-state index contributed by atoms with van der Waals surface area (Å²) in [5, 5.41) is 12.6. The lowest BCUT2D eigenvalue weighted by molar-refractivity contribution is -0.117. The van der Waals surface area contributed by atoms with Crippen molar-refractivity contribution in [2.24, 2.45) is 0 Å². The Balaban J connectivity index is 1.83. The van der Waals surface area contributed by atoms with Gasteiger partial charge in [0.1, 0.15) is 28.6 Å². The van der Waals surface area contributed by atoms with Crippen LogP contribution in [0.25, 0.3) is 11.7 Å². The van der Waals surface area contributed by atoms with Crippen LogP contribution in [0.2, 0.25) is 0 Å². The quantitative estimate of drug-likeness (QED) is 0.421. The van der Waals surface area contributed by atoms with Crippen molar-refractivity contribution >= 4 is 17.6 Å². The molecular weight excluding hydrogens is 428 g/mol. The molecule has 1 N–H and O–H groups in total. The third kappa shape index (κ3) is 4.86. The van der Waals surface area contributed by atoms with E-state index in [-0.39, 0.29) is 29.0 Å². The number of nitrogens with zero attached hydrogens (tertiary/aromatic N) is 3. The van der Waals surface area contributed by atoms with Gasteiger partial charge in [0.05, 0.1) is 0 Å². The molecule has 0 unspecified atom stereocenters. The van der Waals surface area contributed by atoms with Crippen LogP contribution in [-0.2, 0) is 4.79 Å². The van der Waals surface area contributed by atoms with Crippen molar-refractivity contribution in [2.75, 3.05) is 0 Å². The molecule has 1 fully saturated rings. The molecule has 1 aromatic carbocycles. The molecule has 3 aromatic rings. The van der Waals surface area contributed by atoms with E-state index in [0.717, 1.165) is 36.8 Å². The van der Waals surface area contributed by atoms with Crippen LogP contribution in [0.15, 0.2) is 53.0 Å². The third-order valence-electron chi connectivity index (χ3n) is 6.08. The molecule has 7 heteroatoms. The molecule has 1 saturated carbocycles. The molecule has 0 radical (unpaired) electrons. The Labute approximate surface area is 198 Å². The molecule has 1 amide bonds. The largest absolute Gasteiger partial charge is 0.438 e. The highest BCUT2D eigenvalue weighted by Crippen LogP contribution is 2.32. The van der Waals surface area contributed by atoms with Gasteiger partial charge >= 0.3 is 0 Å². The van der Waals surface area contributed by atoms with Crippen LogP contribution in [0.3, 0.4) is 0 Å².